The third-order valence-electron chi connectivity index (χ3n) is 3.94. The molecule has 0 radical (unpaired) electrons. The minimum absolute atomic E-state index is 0.0105. The summed E-state index contributed by atoms with van der Waals surface area (Å²) in [6, 6.07) is 3.16. The number of aromatic nitrogens is 3. The van der Waals surface area contributed by atoms with E-state index in [1.165, 1.54) is 23.4 Å². The van der Waals surface area contributed by atoms with E-state index in [1.54, 1.807) is 6.92 Å². The molecular formula is C14H15F2N3O2. The fourth-order valence-corrected chi connectivity index (χ4v) is 2.53. The van der Waals surface area contributed by atoms with E-state index in [4.69, 9.17) is 4.74 Å². The monoisotopic (exact) mass is 295 g/mol. The maximum Gasteiger partial charge on any atom is 0.137 e. The summed E-state index contributed by atoms with van der Waals surface area (Å²) < 4.78 is 33.9. The van der Waals surface area contributed by atoms with Gasteiger partial charge in [0.15, 0.2) is 0 Å². The third kappa shape index (κ3) is 2.66. The molecule has 5 nitrogen and oxygen atoms in total. The highest BCUT2D eigenvalue weighted by Gasteiger charge is 2.47. The van der Waals surface area contributed by atoms with Gasteiger partial charge in [0.1, 0.15) is 29.9 Å². The second kappa shape index (κ2) is 5.16. The van der Waals surface area contributed by atoms with Gasteiger partial charge in [0, 0.05) is 17.5 Å². The summed E-state index contributed by atoms with van der Waals surface area (Å²) in [6.45, 7) is 2.30. The Morgan fingerprint density at radius 3 is 2.86 bits per heavy atom. The molecule has 3 atom stereocenters. The van der Waals surface area contributed by atoms with Gasteiger partial charge in [-0.2, -0.15) is 5.10 Å². The van der Waals surface area contributed by atoms with Crippen LogP contribution in [0.25, 0.3) is 0 Å². The lowest BCUT2D eigenvalue weighted by Gasteiger charge is -2.34. The van der Waals surface area contributed by atoms with Gasteiger partial charge in [-0.25, -0.2) is 18.4 Å². The van der Waals surface area contributed by atoms with Gasteiger partial charge in [-0.05, 0) is 6.07 Å². The number of ether oxygens (including phenoxy) is 1. The predicted molar refractivity (Wildman–Crippen MR) is 69.2 cm³/mol. The number of hydrogen-bond donors (Lipinski definition) is 1. The highest BCUT2D eigenvalue weighted by Crippen LogP contribution is 2.39. The zero-order chi connectivity index (χ0) is 15.0. The zero-order valence-electron chi connectivity index (χ0n) is 11.4. The smallest absolute Gasteiger partial charge is 0.137 e. The molecule has 112 valence electrons. The lowest BCUT2D eigenvalue weighted by atomic mass is 9.80. The molecule has 0 saturated carbocycles. The fraction of sp³-hybridized carbons (Fsp3) is 0.429. The van der Waals surface area contributed by atoms with Gasteiger partial charge < -0.3 is 9.84 Å². The molecule has 1 aromatic carbocycles. The highest BCUT2D eigenvalue weighted by molar-refractivity contribution is 5.26. The van der Waals surface area contributed by atoms with E-state index >= 15 is 0 Å². The van der Waals surface area contributed by atoms with Crippen molar-refractivity contribution in [2.24, 2.45) is 5.92 Å². The van der Waals surface area contributed by atoms with Gasteiger partial charge in [0.05, 0.1) is 19.3 Å². The number of hydrogen-bond acceptors (Lipinski definition) is 4. The van der Waals surface area contributed by atoms with E-state index < -0.39 is 17.2 Å². The number of halogens is 2. The lowest BCUT2D eigenvalue weighted by Crippen LogP contribution is -2.41. The van der Waals surface area contributed by atoms with E-state index in [0.717, 1.165) is 12.1 Å². The van der Waals surface area contributed by atoms with Crippen molar-refractivity contribution in [3.05, 3.63) is 48.1 Å². The van der Waals surface area contributed by atoms with E-state index in [1.807, 2.05) is 0 Å². The second-order valence-electron chi connectivity index (χ2n) is 5.30. The summed E-state index contributed by atoms with van der Waals surface area (Å²) in [5.41, 5.74) is -1.53. The number of epoxide rings is 1. The van der Waals surface area contributed by atoms with Crippen LogP contribution in [0.2, 0.25) is 0 Å². The second-order valence-corrected chi connectivity index (χ2v) is 5.30. The lowest BCUT2D eigenvalue weighted by molar-refractivity contribution is -0.0479. The average Bonchev–Trinajstić information content (AvgIpc) is 3.16. The Labute approximate surface area is 120 Å². The minimum atomic E-state index is -1.56. The molecule has 1 saturated heterocycles. The van der Waals surface area contributed by atoms with Crippen LogP contribution in [0, 0.1) is 17.6 Å². The topological polar surface area (TPSA) is 63.5 Å². The molecule has 1 fully saturated rings. The largest absolute Gasteiger partial charge is 0.383 e. The zero-order valence-corrected chi connectivity index (χ0v) is 11.4. The molecule has 2 aromatic rings. The van der Waals surface area contributed by atoms with Crippen LogP contribution in [0.5, 0.6) is 0 Å². The van der Waals surface area contributed by atoms with Crippen LogP contribution < -0.4 is 0 Å². The van der Waals surface area contributed by atoms with Crippen LogP contribution in [-0.2, 0) is 16.9 Å². The predicted octanol–water partition coefficient (Wildman–Crippen LogP) is 1.48. The van der Waals surface area contributed by atoms with Crippen LogP contribution in [0.1, 0.15) is 12.5 Å². The van der Waals surface area contributed by atoms with Crippen molar-refractivity contribution in [3.8, 4) is 0 Å². The third-order valence-corrected chi connectivity index (χ3v) is 3.94. The Kier molecular flexibility index (Phi) is 3.46. The molecule has 0 spiro atoms. The molecule has 21 heavy (non-hydrogen) atoms. The maximum atomic E-state index is 14.1. The SMILES string of the molecule is CC(C1CO1)C(O)(Cn1cncn1)c1ccc(F)cc1F. The van der Waals surface area contributed by atoms with Gasteiger partial charge in [0.25, 0.3) is 0 Å². The fourth-order valence-electron chi connectivity index (χ4n) is 2.53. The van der Waals surface area contributed by atoms with Crippen molar-refractivity contribution in [2.75, 3.05) is 6.61 Å². The van der Waals surface area contributed by atoms with E-state index in [0.29, 0.717) is 6.61 Å². The Morgan fingerprint density at radius 2 is 2.29 bits per heavy atom. The van der Waals surface area contributed by atoms with Crippen LogP contribution >= 0.6 is 0 Å². The van der Waals surface area contributed by atoms with Gasteiger partial charge in [-0.15, -0.1) is 0 Å². The van der Waals surface area contributed by atoms with Gasteiger partial charge in [-0.3, -0.25) is 0 Å². The number of aliphatic hydroxyl groups is 1. The first-order valence-electron chi connectivity index (χ1n) is 6.62. The van der Waals surface area contributed by atoms with Crippen molar-refractivity contribution >= 4 is 0 Å². The molecule has 2 heterocycles. The molecule has 1 N–H and O–H groups in total. The first-order valence-corrected chi connectivity index (χ1v) is 6.62. The van der Waals surface area contributed by atoms with Crippen LogP contribution in [0.3, 0.4) is 0 Å². The summed E-state index contributed by atoms with van der Waals surface area (Å²) in [5, 5.41) is 15.0. The molecule has 7 heteroatoms. The molecule has 1 aromatic heterocycles. The Balaban J connectivity index is 2.01. The summed E-state index contributed by atoms with van der Waals surface area (Å²) in [5.74, 6) is -1.85. The van der Waals surface area contributed by atoms with E-state index in [2.05, 4.69) is 10.1 Å². The Morgan fingerprint density at radius 1 is 1.52 bits per heavy atom. The standard InChI is InChI=1S/C14H15F2N3O2/c1-9(13-5-21-13)14(20,6-19-8-17-7-18-19)11-3-2-10(15)4-12(11)16/h2-4,7-9,13,20H,5-6H2,1H3. The molecule has 0 aliphatic carbocycles. The first kappa shape index (κ1) is 14.1. The molecule has 1 aliphatic rings. The normalized spacial score (nSPS) is 21.8. The number of rotatable bonds is 5. The van der Waals surface area contributed by atoms with Crippen molar-refractivity contribution in [1.82, 2.24) is 14.8 Å². The van der Waals surface area contributed by atoms with Gasteiger partial charge >= 0.3 is 0 Å². The van der Waals surface area contributed by atoms with Crippen molar-refractivity contribution in [1.29, 1.82) is 0 Å². The van der Waals surface area contributed by atoms with Crippen LogP contribution in [0.15, 0.2) is 30.9 Å². The molecule has 3 rings (SSSR count). The van der Waals surface area contributed by atoms with E-state index in [-0.39, 0.29) is 24.1 Å². The summed E-state index contributed by atoms with van der Waals surface area (Å²) in [6.07, 6.45) is 2.62. The summed E-state index contributed by atoms with van der Waals surface area (Å²) >= 11 is 0. The first-order chi connectivity index (χ1) is 10.0. The average molecular weight is 295 g/mol. The minimum Gasteiger partial charge on any atom is -0.383 e. The van der Waals surface area contributed by atoms with Crippen molar-refractivity contribution in [2.45, 2.75) is 25.2 Å². The molecule has 1 aliphatic heterocycles. The van der Waals surface area contributed by atoms with Crippen molar-refractivity contribution < 1.29 is 18.6 Å². The van der Waals surface area contributed by atoms with Crippen molar-refractivity contribution in [3.63, 3.8) is 0 Å². The number of benzene rings is 1. The summed E-state index contributed by atoms with van der Waals surface area (Å²) in [7, 11) is 0. The van der Waals surface area contributed by atoms with E-state index in [9.17, 15) is 13.9 Å². The number of nitrogens with zero attached hydrogens (tertiary/aromatic N) is 3. The Bertz CT molecular complexity index is 631. The Hall–Kier alpha value is -1.86. The quantitative estimate of drug-likeness (QED) is 0.849. The van der Waals surface area contributed by atoms with Crippen LogP contribution in [-0.4, -0.2) is 32.6 Å². The molecular weight excluding hydrogens is 280 g/mol. The van der Waals surface area contributed by atoms with Crippen LogP contribution in [0.4, 0.5) is 8.78 Å². The highest BCUT2D eigenvalue weighted by atomic mass is 19.1. The summed E-state index contributed by atoms with van der Waals surface area (Å²) in [4.78, 5) is 3.81. The molecule has 3 unspecified atom stereocenters. The maximum absolute atomic E-state index is 14.1. The van der Waals surface area contributed by atoms with Gasteiger partial charge in [-0.1, -0.05) is 13.0 Å². The van der Waals surface area contributed by atoms with Gasteiger partial charge in [0.2, 0.25) is 0 Å². The molecule has 0 bridgehead atoms. The molecule has 0 amide bonds.